The summed E-state index contributed by atoms with van der Waals surface area (Å²) in [7, 11) is 0. The van der Waals surface area contributed by atoms with E-state index in [1.807, 2.05) is 0 Å². The fourth-order valence-corrected chi connectivity index (χ4v) is 5.18. The van der Waals surface area contributed by atoms with E-state index in [4.69, 9.17) is 0 Å². The Bertz CT molecular complexity index is 596. The molecule has 0 unspecified atom stereocenters. The number of Topliss-reactive ketones (excluding diaryl/α,β-unsaturated/α-hetero) is 1. The highest BCUT2D eigenvalue weighted by molar-refractivity contribution is 5.81. The molecule has 2 heterocycles. The highest BCUT2D eigenvalue weighted by atomic mass is 16.1. The Morgan fingerprint density at radius 3 is 2.56 bits per heavy atom. The van der Waals surface area contributed by atoms with E-state index in [1.165, 1.54) is 49.8 Å². The van der Waals surface area contributed by atoms with Crippen LogP contribution in [0.5, 0.6) is 0 Å². The Morgan fingerprint density at radius 2 is 1.80 bits per heavy atom. The predicted molar refractivity (Wildman–Crippen MR) is 103 cm³/mol. The molecule has 4 rings (SSSR count). The Labute approximate surface area is 152 Å². The van der Waals surface area contributed by atoms with Gasteiger partial charge in [0.1, 0.15) is 5.78 Å². The smallest absolute Gasteiger partial charge is 0.137 e. The van der Waals surface area contributed by atoms with Crippen molar-refractivity contribution in [3.63, 3.8) is 0 Å². The van der Waals surface area contributed by atoms with Crippen molar-refractivity contribution in [3.8, 4) is 0 Å². The molecular weight excluding hydrogens is 308 g/mol. The Hall–Kier alpha value is -1.35. The summed E-state index contributed by atoms with van der Waals surface area (Å²) in [5.41, 5.74) is 3.18. The average Bonchev–Trinajstić information content (AvgIpc) is 2.84. The summed E-state index contributed by atoms with van der Waals surface area (Å²) in [6.45, 7) is 4.32. The minimum Gasteiger partial charge on any atom is -0.384 e. The first kappa shape index (κ1) is 17.1. The Morgan fingerprint density at radius 1 is 1.08 bits per heavy atom. The molecule has 1 aliphatic carbocycles. The number of likely N-dealkylation sites (tertiary alicyclic amines) is 1. The predicted octanol–water partition coefficient (Wildman–Crippen LogP) is 4.38. The molecule has 25 heavy (non-hydrogen) atoms. The van der Waals surface area contributed by atoms with Gasteiger partial charge < -0.3 is 10.2 Å². The average molecular weight is 341 g/mol. The number of rotatable bonds is 4. The number of ketones is 1. The van der Waals surface area contributed by atoms with Gasteiger partial charge in [-0.05, 0) is 50.4 Å². The van der Waals surface area contributed by atoms with Gasteiger partial charge in [0.05, 0.1) is 0 Å². The van der Waals surface area contributed by atoms with E-state index in [-0.39, 0.29) is 0 Å². The SMILES string of the molecule is O=C(CCN1CCC2(CC1)CNc1ccccc12)C1CCCCCC1. The van der Waals surface area contributed by atoms with E-state index in [0.717, 1.165) is 45.4 Å². The zero-order chi connectivity index (χ0) is 17.1. The lowest BCUT2D eigenvalue weighted by molar-refractivity contribution is -0.123. The molecule has 1 spiro atoms. The topological polar surface area (TPSA) is 32.3 Å². The van der Waals surface area contributed by atoms with Gasteiger partial charge in [-0.25, -0.2) is 0 Å². The van der Waals surface area contributed by atoms with Crippen LogP contribution in [-0.2, 0) is 10.2 Å². The largest absolute Gasteiger partial charge is 0.384 e. The summed E-state index contributed by atoms with van der Waals surface area (Å²) in [6, 6.07) is 8.81. The molecule has 1 saturated carbocycles. The molecule has 3 aliphatic rings. The number of anilines is 1. The second-order valence-corrected chi connectivity index (χ2v) is 8.43. The first-order chi connectivity index (χ1) is 12.3. The second kappa shape index (κ2) is 7.49. The summed E-state index contributed by atoms with van der Waals surface area (Å²) in [6.07, 6.45) is 10.7. The lowest BCUT2D eigenvalue weighted by Gasteiger charge is -2.39. The summed E-state index contributed by atoms with van der Waals surface area (Å²) in [5.74, 6) is 0.902. The number of nitrogens with zero attached hydrogens (tertiary/aromatic N) is 1. The van der Waals surface area contributed by atoms with Crippen molar-refractivity contribution >= 4 is 11.5 Å². The molecule has 2 aliphatic heterocycles. The van der Waals surface area contributed by atoms with Gasteiger partial charge in [-0.3, -0.25) is 4.79 Å². The number of hydrogen-bond donors (Lipinski definition) is 1. The number of benzene rings is 1. The monoisotopic (exact) mass is 340 g/mol. The van der Waals surface area contributed by atoms with Gasteiger partial charge >= 0.3 is 0 Å². The van der Waals surface area contributed by atoms with Crippen LogP contribution in [0.3, 0.4) is 0 Å². The highest BCUT2D eigenvalue weighted by Gasteiger charge is 2.41. The zero-order valence-corrected chi connectivity index (χ0v) is 15.4. The van der Waals surface area contributed by atoms with Crippen LogP contribution in [0.25, 0.3) is 0 Å². The first-order valence-electron chi connectivity index (χ1n) is 10.4. The number of nitrogens with one attached hydrogen (secondary N) is 1. The van der Waals surface area contributed by atoms with Crippen LogP contribution >= 0.6 is 0 Å². The van der Waals surface area contributed by atoms with Gasteiger partial charge in [-0.1, -0.05) is 43.9 Å². The van der Waals surface area contributed by atoms with Crippen LogP contribution in [0, 0.1) is 5.92 Å². The van der Waals surface area contributed by atoms with Crippen molar-refractivity contribution in [1.29, 1.82) is 0 Å². The fraction of sp³-hybridized carbons (Fsp3) is 0.682. The van der Waals surface area contributed by atoms with Crippen molar-refractivity contribution < 1.29 is 4.79 Å². The van der Waals surface area contributed by atoms with Crippen LogP contribution in [0.4, 0.5) is 5.69 Å². The van der Waals surface area contributed by atoms with Crippen molar-refractivity contribution in [1.82, 2.24) is 4.90 Å². The number of para-hydroxylation sites is 1. The van der Waals surface area contributed by atoms with Crippen LogP contribution in [-0.4, -0.2) is 36.9 Å². The third kappa shape index (κ3) is 3.62. The van der Waals surface area contributed by atoms with E-state index in [9.17, 15) is 4.79 Å². The molecule has 1 saturated heterocycles. The molecular formula is C22H32N2O. The third-order valence-corrected chi connectivity index (χ3v) is 6.91. The maximum absolute atomic E-state index is 12.6. The summed E-state index contributed by atoms with van der Waals surface area (Å²) < 4.78 is 0. The molecule has 1 N–H and O–H groups in total. The molecule has 136 valence electrons. The van der Waals surface area contributed by atoms with Crippen LogP contribution in [0.2, 0.25) is 0 Å². The van der Waals surface area contributed by atoms with Gasteiger partial charge in [0.15, 0.2) is 0 Å². The first-order valence-corrected chi connectivity index (χ1v) is 10.4. The second-order valence-electron chi connectivity index (χ2n) is 8.43. The number of piperidine rings is 1. The Balaban J connectivity index is 1.28. The maximum Gasteiger partial charge on any atom is 0.137 e. The van der Waals surface area contributed by atoms with E-state index < -0.39 is 0 Å². The third-order valence-electron chi connectivity index (χ3n) is 6.91. The minimum atomic E-state index is 0.332. The summed E-state index contributed by atoms with van der Waals surface area (Å²) in [4.78, 5) is 15.1. The van der Waals surface area contributed by atoms with Crippen LogP contribution < -0.4 is 5.32 Å². The van der Waals surface area contributed by atoms with Crippen LogP contribution in [0.1, 0.15) is 63.4 Å². The molecule has 1 aromatic carbocycles. The lowest BCUT2D eigenvalue weighted by Crippen LogP contribution is -2.44. The summed E-state index contributed by atoms with van der Waals surface area (Å²) in [5, 5.41) is 3.60. The molecule has 3 nitrogen and oxygen atoms in total. The maximum atomic E-state index is 12.6. The quantitative estimate of drug-likeness (QED) is 0.826. The number of carbonyl (C=O) groups is 1. The van der Waals surface area contributed by atoms with Gasteiger partial charge in [0, 0.05) is 36.5 Å². The molecule has 0 radical (unpaired) electrons. The zero-order valence-electron chi connectivity index (χ0n) is 15.4. The molecule has 0 atom stereocenters. The number of hydrogen-bond acceptors (Lipinski definition) is 3. The van der Waals surface area contributed by atoms with Gasteiger partial charge in [-0.2, -0.15) is 0 Å². The highest BCUT2D eigenvalue weighted by Crippen LogP contribution is 2.43. The fourth-order valence-electron chi connectivity index (χ4n) is 5.18. The molecule has 1 aromatic rings. The van der Waals surface area contributed by atoms with E-state index >= 15 is 0 Å². The standard InChI is InChI=1S/C22H32N2O/c25-21(18-7-3-1-2-4-8-18)11-14-24-15-12-22(13-16-24)17-23-20-10-6-5-9-19(20)22/h5-6,9-10,18,23H,1-4,7-8,11-17H2. The van der Waals surface area contributed by atoms with E-state index in [1.54, 1.807) is 0 Å². The minimum absolute atomic E-state index is 0.332. The number of fused-ring (bicyclic) bond motifs is 2. The van der Waals surface area contributed by atoms with Crippen molar-refractivity contribution in [2.45, 2.75) is 63.2 Å². The molecule has 0 amide bonds. The molecule has 0 aromatic heterocycles. The van der Waals surface area contributed by atoms with Gasteiger partial charge in [-0.15, -0.1) is 0 Å². The van der Waals surface area contributed by atoms with Gasteiger partial charge in [0.25, 0.3) is 0 Å². The van der Waals surface area contributed by atoms with Crippen molar-refractivity contribution in [3.05, 3.63) is 29.8 Å². The normalized spacial score (nSPS) is 23.8. The lowest BCUT2D eigenvalue weighted by atomic mass is 9.74. The van der Waals surface area contributed by atoms with E-state index in [2.05, 4.69) is 34.5 Å². The Kier molecular flexibility index (Phi) is 5.12. The number of carbonyl (C=O) groups excluding carboxylic acids is 1. The van der Waals surface area contributed by atoms with Gasteiger partial charge in [0.2, 0.25) is 0 Å². The van der Waals surface area contributed by atoms with Crippen molar-refractivity contribution in [2.24, 2.45) is 5.92 Å². The summed E-state index contributed by atoms with van der Waals surface area (Å²) >= 11 is 0. The van der Waals surface area contributed by atoms with E-state index in [0.29, 0.717) is 17.1 Å². The molecule has 2 fully saturated rings. The molecule has 3 heteroatoms. The molecule has 0 bridgehead atoms. The van der Waals surface area contributed by atoms with Crippen molar-refractivity contribution in [2.75, 3.05) is 31.5 Å². The van der Waals surface area contributed by atoms with Crippen LogP contribution in [0.15, 0.2) is 24.3 Å².